The summed E-state index contributed by atoms with van der Waals surface area (Å²) < 4.78 is 9.33. The van der Waals surface area contributed by atoms with Crippen molar-refractivity contribution < 1.29 is 9.84 Å². The van der Waals surface area contributed by atoms with Gasteiger partial charge in [0.15, 0.2) is 0 Å². The lowest BCUT2D eigenvalue weighted by Gasteiger charge is -2.39. The fraction of sp³-hybridized carbons (Fsp3) is 0.391. The molecule has 1 N–H and O–H groups in total. The van der Waals surface area contributed by atoms with Crippen molar-refractivity contribution in [3.8, 4) is 22.6 Å². The van der Waals surface area contributed by atoms with Crippen LogP contribution >= 0.6 is 11.6 Å². The van der Waals surface area contributed by atoms with Crippen molar-refractivity contribution >= 4 is 11.6 Å². The minimum absolute atomic E-state index is 0.0171. The van der Waals surface area contributed by atoms with Gasteiger partial charge >= 0.3 is 0 Å². The zero-order valence-corrected chi connectivity index (χ0v) is 17.8. The summed E-state index contributed by atoms with van der Waals surface area (Å²) >= 11 is 6.53. The molecule has 1 fully saturated rings. The molecule has 1 aliphatic carbocycles. The highest BCUT2D eigenvalue weighted by Gasteiger charge is 2.37. The number of aryl methyl sites for hydroxylation is 1. The normalized spacial score (nSPS) is 15.0. The van der Waals surface area contributed by atoms with Crippen LogP contribution in [0.3, 0.4) is 0 Å². The molecule has 6 nitrogen and oxygen atoms in total. The Hall–Kier alpha value is -2.57. The van der Waals surface area contributed by atoms with Gasteiger partial charge in [-0.25, -0.2) is 4.68 Å². The Labute approximate surface area is 180 Å². The molecule has 3 aromatic rings. The molecule has 0 unspecified atom stereocenters. The number of halogens is 1. The number of hydrogen-bond donors (Lipinski definition) is 1. The SMILES string of the molecule is CCCn1cc(-n2cc(-c3ccc(OCC4(CO)CCC4)cc3Cl)cn2)ccc1=O. The maximum Gasteiger partial charge on any atom is 0.250 e. The first-order chi connectivity index (χ1) is 14.5. The number of hydrogen-bond acceptors (Lipinski definition) is 4. The van der Waals surface area contributed by atoms with Gasteiger partial charge in [0.1, 0.15) is 5.75 Å². The maximum atomic E-state index is 11.9. The molecule has 0 spiro atoms. The summed E-state index contributed by atoms with van der Waals surface area (Å²) in [5.41, 5.74) is 2.44. The van der Waals surface area contributed by atoms with Crippen LogP contribution in [0.15, 0.2) is 53.7 Å². The quantitative estimate of drug-likeness (QED) is 0.581. The van der Waals surface area contributed by atoms with Gasteiger partial charge in [-0.2, -0.15) is 5.10 Å². The summed E-state index contributed by atoms with van der Waals surface area (Å²) in [5.74, 6) is 0.697. The minimum atomic E-state index is -0.0967. The predicted octanol–water partition coefficient (Wildman–Crippen LogP) is 4.31. The average molecular weight is 428 g/mol. The molecule has 0 amide bonds. The van der Waals surface area contributed by atoms with E-state index in [0.717, 1.165) is 42.5 Å². The van der Waals surface area contributed by atoms with Gasteiger partial charge in [0, 0.05) is 41.5 Å². The van der Waals surface area contributed by atoms with Crippen LogP contribution in [0, 0.1) is 5.41 Å². The molecular formula is C23H26ClN3O3. The zero-order chi connectivity index (χ0) is 21.1. The van der Waals surface area contributed by atoms with E-state index in [1.807, 2.05) is 31.5 Å². The van der Waals surface area contributed by atoms with Crippen LogP contribution in [0.2, 0.25) is 5.02 Å². The van der Waals surface area contributed by atoms with Crippen LogP contribution in [-0.4, -0.2) is 32.7 Å². The number of benzene rings is 1. The monoisotopic (exact) mass is 427 g/mol. The molecule has 0 bridgehead atoms. The van der Waals surface area contributed by atoms with E-state index in [2.05, 4.69) is 5.10 Å². The molecular weight excluding hydrogens is 402 g/mol. The second-order valence-electron chi connectivity index (χ2n) is 8.03. The third kappa shape index (κ3) is 4.16. The first kappa shape index (κ1) is 20.7. The first-order valence-corrected chi connectivity index (χ1v) is 10.7. The number of aliphatic hydroxyl groups excluding tert-OH is 1. The summed E-state index contributed by atoms with van der Waals surface area (Å²) in [6, 6.07) is 8.94. The topological polar surface area (TPSA) is 69.3 Å². The van der Waals surface area contributed by atoms with Crippen molar-refractivity contribution in [2.24, 2.45) is 5.41 Å². The Morgan fingerprint density at radius 1 is 1.23 bits per heavy atom. The van der Waals surface area contributed by atoms with Gasteiger partial charge in [-0.1, -0.05) is 24.9 Å². The highest BCUT2D eigenvalue weighted by Crippen LogP contribution is 2.41. The fourth-order valence-electron chi connectivity index (χ4n) is 3.75. The summed E-state index contributed by atoms with van der Waals surface area (Å²) in [5, 5.41) is 14.6. The molecule has 0 radical (unpaired) electrons. The summed E-state index contributed by atoms with van der Waals surface area (Å²) in [4.78, 5) is 11.9. The third-order valence-electron chi connectivity index (χ3n) is 5.83. The Balaban J connectivity index is 1.52. The second-order valence-corrected chi connectivity index (χ2v) is 8.44. The first-order valence-electron chi connectivity index (χ1n) is 10.3. The standard InChI is InChI=1S/C23H26ClN3O3/c1-2-10-26-14-18(4-7-22(26)29)27-13-17(12-25-27)20-6-5-19(11-21(20)24)30-16-23(15-28)8-3-9-23/h4-7,11-14,28H,2-3,8-10,15-16H2,1H3. The molecule has 2 heterocycles. The lowest BCUT2D eigenvalue weighted by Crippen LogP contribution is -2.39. The van der Waals surface area contributed by atoms with Crippen LogP contribution in [0.1, 0.15) is 32.6 Å². The van der Waals surface area contributed by atoms with Crippen molar-refractivity contribution in [2.75, 3.05) is 13.2 Å². The van der Waals surface area contributed by atoms with Crippen LogP contribution < -0.4 is 10.3 Å². The maximum absolute atomic E-state index is 11.9. The Morgan fingerprint density at radius 2 is 2.07 bits per heavy atom. The summed E-state index contributed by atoms with van der Waals surface area (Å²) in [7, 11) is 0. The predicted molar refractivity (Wildman–Crippen MR) is 117 cm³/mol. The minimum Gasteiger partial charge on any atom is -0.493 e. The molecule has 0 atom stereocenters. The van der Waals surface area contributed by atoms with Gasteiger partial charge in [-0.05, 0) is 43.5 Å². The van der Waals surface area contributed by atoms with Crippen molar-refractivity contribution in [2.45, 2.75) is 39.2 Å². The number of aliphatic hydroxyl groups is 1. The second kappa shape index (κ2) is 8.66. The number of pyridine rings is 1. The smallest absolute Gasteiger partial charge is 0.250 e. The number of nitrogens with zero attached hydrogens (tertiary/aromatic N) is 3. The van der Waals surface area contributed by atoms with Crippen molar-refractivity contribution in [1.82, 2.24) is 14.3 Å². The Bertz CT molecular complexity index is 1080. The van der Waals surface area contributed by atoms with Gasteiger partial charge in [-0.15, -0.1) is 0 Å². The van der Waals surface area contributed by atoms with E-state index in [9.17, 15) is 9.90 Å². The van der Waals surface area contributed by atoms with Gasteiger partial charge < -0.3 is 14.4 Å². The van der Waals surface area contributed by atoms with Crippen molar-refractivity contribution in [3.63, 3.8) is 0 Å². The molecule has 4 rings (SSSR count). The summed E-state index contributed by atoms with van der Waals surface area (Å²) in [6.07, 6.45) is 9.50. The number of rotatable bonds is 8. The highest BCUT2D eigenvalue weighted by molar-refractivity contribution is 6.33. The van der Waals surface area contributed by atoms with Crippen LogP contribution in [-0.2, 0) is 6.54 Å². The lowest BCUT2D eigenvalue weighted by molar-refractivity contribution is 0.0000959. The van der Waals surface area contributed by atoms with E-state index in [4.69, 9.17) is 16.3 Å². The van der Waals surface area contributed by atoms with Crippen LogP contribution in [0.4, 0.5) is 0 Å². The zero-order valence-electron chi connectivity index (χ0n) is 17.1. The highest BCUT2D eigenvalue weighted by atomic mass is 35.5. The van der Waals surface area contributed by atoms with Gasteiger partial charge in [0.05, 0.1) is 30.1 Å². The molecule has 2 aromatic heterocycles. The molecule has 30 heavy (non-hydrogen) atoms. The number of aromatic nitrogens is 3. The summed E-state index contributed by atoms with van der Waals surface area (Å²) in [6.45, 7) is 3.37. The van der Waals surface area contributed by atoms with Gasteiger partial charge in [0.25, 0.3) is 5.56 Å². The fourth-order valence-corrected chi connectivity index (χ4v) is 4.03. The number of ether oxygens (including phenoxy) is 1. The molecule has 1 aromatic carbocycles. The van der Waals surface area contributed by atoms with E-state index >= 15 is 0 Å². The molecule has 1 aliphatic rings. The largest absolute Gasteiger partial charge is 0.493 e. The third-order valence-corrected chi connectivity index (χ3v) is 6.14. The molecule has 0 aliphatic heterocycles. The van der Waals surface area contributed by atoms with Crippen LogP contribution in [0.25, 0.3) is 16.8 Å². The van der Waals surface area contributed by atoms with E-state index in [1.54, 1.807) is 33.6 Å². The van der Waals surface area contributed by atoms with Crippen LogP contribution in [0.5, 0.6) is 5.75 Å². The molecule has 158 valence electrons. The molecule has 1 saturated carbocycles. The van der Waals surface area contributed by atoms with E-state index in [-0.39, 0.29) is 17.6 Å². The Kier molecular flexibility index (Phi) is 5.97. The van der Waals surface area contributed by atoms with E-state index in [0.29, 0.717) is 23.9 Å². The molecule has 0 saturated heterocycles. The van der Waals surface area contributed by atoms with Crippen molar-refractivity contribution in [1.29, 1.82) is 0 Å². The Morgan fingerprint density at radius 3 is 2.73 bits per heavy atom. The van der Waals surface area contributed by atoms with Gasteiger partial charge in [0.2, 0.25) is 0 Å². The van der Waals surface area contributed by atoms with Crippen molar-refractivity contribution in [3.05, 3.63) is 64.3 Å². The average Bonchev–Trinajstić information content (AvgIpc) is 3.19. The van der Waals surface area contributed by atoms with E-state index in [1.165, 1.54) is 0 Å². The van der Waals surface area contributed by atoms with E-state index < -0.39 is 0 Å². The lowest BCUT2D eigenvalue weighted by atomic mass is 9.70. The molecule has 7 heteroatoms. The van der Waals surface area contributed by atoms with Gasteiger partial charge in [-0.3, -0.25) is 4.79 Å².